The zero-order valence-corrected chi connectivity index (χ0v) is 21.2. The number of hydrogen-bond acceptors (Lipinski definition) is 5. The van der Waals surface area contributed by atoms with Crippen LogP contribution in [0.3, 0.4) is 0 Å². The lowest BCUT2D eigenvalue weighted by atomic mass is 9.89. The first kappa shape index (κ1) is 24.5. The number of nitrogens with one attached hydrogen (secondary N) is 1. The maximum absolute atomic E-state index is 13.0. The predicted octanol–water partition coefficient (Wildman–Crippen LogP) is 3.83. The second kappa shape index (κ2) is 10.7. The molecule has 0 bridgehead atoms. The predicted molar refractivity (Wildman–Crippen MR) is 133 cm³/mol. The molecule has 0 radical (unpaired) electrons. The number of carbonyl (C=O) groups is 1. The largest absolute Gasteiger partial charge is 0.489 e. The first-order valence-corrected chi connectivity index (χ1v) is 12.6. The summed E-state index contributed by atoms with van der Waals surface area (Å²) in [7, 11) is 0. The van der Waals surface area contributed by atoms with Gasteiger partial charge < -0.3 is 20.1 Å². The van der Waals surface area contributed by atoms with Gasteiger partial charge in [0.05, 0.1) is 0 Å². The molecule has 0 aromatic heterocycles. The molecule has 33 heavy (non-hydrogen) atoms. The summed E-state index contributed by atoms with van der Waals surface area (Å²) in [5, 5.41) is 15.2. The minimum Gasteiger partial charge on any atom is -0.489 e. The number of aliphatic hydroxyl groups is 1. The molecule has 2 N–H and O–H groups in total. The maximum atomic E-state index is 13.0. The molecule has 178 valence electrons. The van der Waals surface area contributed by atoms with Gasteiger partial charge in [0, 0.05) is 60.4 Å². The Balaban J connectivity index is 1.36. The van der Waals surface area contributed by atoms with Gasteiger partial charge in [-0.25, -0.2) is 0 Å². The highest BCUT2D eigenvalue weighted by molar-refractivity contribution is 9.10. The van der Waals surface area contributed by atoms with Crippen LogP contribution in [0, 0.1) is 0 Å². The number of carbonyl (C=O) groups excluding carboxylic acids is 1. The summed E-state index contributed by atoms with van der Waals surface area (Å²) in [5.41, 5.74) is 0.863. The zero-order valence-electron chi connectivity index (χ0n) is 18.9. The molecule has 0 spiro atoms. The third-order valence-electron chi connectivity index (χ3n) is 6.46. The highest BCUT2D eigenvalue weighted by atomic mass is 79.9. The molecule has 6 nitrogen and oxygen atoms in total. The van der Waals surface area contributed by atoms with Crippen LogP contribution in [0.1, 0.15) is 30.9 Å². The molecule has 0 unspecified atom stereocenters. The van der Waals surface area contributed by atoms with Gasteiger partial charge in [-0.15, -0.1) is 0 Å². The zero-order chi connectivity index (χ0) is 23.4. The monoisotopic (exact) mass is 535 g/mol. The molecule has 2 saturated heterocycles. The average Bonchev–Trinajstić information content (AvgIpc) is 2.81. The van der Waals surface area contributed by atoms with Crippen molar-refractivity contribution in [3.63, 3.8) is 0 Å². The van der Waals surface area contributed by atoms with Crippen LogP contribution in [0.5, 0.6) is 5.75 Å². The maximum Gasteiger partial charge on any atom is 0.254 e. The Morgan fingerprint density at radius 1 is 1.21 bits per heavy atom. The lowest BCUT2D eigenvalue weighted by molar-refractivity contribution is -0.157. The van der Waals surface area contributed by atoms with Crippen molar-refractivity contribution in [1.29, 1.82) is 0 Å². The topological polar surface area (TPSA) is 65.0 Å². The number of piperazine rings is 1. The molecule has 2 aromatic carbocycles. The quantitative estimate of drug-likeness (QED) is 0.588. The third kappa shape index (κ3) is 6.28. The van der Waals surface area contributed by atoms with Gasteiger partial charge in [0.25, 0.3) is 5.91 Å². The molecule has 2 aliphatic heterocycles. The number of rotatable bonds is 6. The lowest BCUT2D eigenvalue weighted by Crippen LogP contribution is -2.60. The second-order valence-electron chi connectivity index (χ2n) is 9.08. The van der Waals surface area contributed by atoms with Crippen LogP contribution in [0.25, 0.3) is 0 Å². The standard InChI is InChI=1S/C25H31BrClN3O3/c1-18-15-30(13-10-28-18)24(31)25(32)8-11-29(12-9-25)16-20-14-21(26)4-7-23(20)33-17-19-2-5-22(27)6-3-19/h2-7,14,18,28,32H,8-13,15-17H2,1H3/t18-/m1/s1. The van der Waals surface area contributed by atoms with Crippen molar-refractivity contribution in [3.05, 3.63) is 63.1 Å². The van der Waals surface area contributed by atoms with Crippen LogP contribution in [0.2, 0.25) is 5.02 Å². The number of halogens is 2. The number of likely N-dealkylation sites (tertiary alicyclic amines) is 1. The smallest absolute Gasteiger partial charge is 0.254 e. The van der Waals surface area contributed by atoms with Crippen molar-refractivity contribution in [1.82, 2.24) is 15.1 Å². The van der Waals surface area contributed by atoms with Crippen molar-refractivity contribution in [3.8, 4) is 5.75 Å². The van der Waals surface area contributed by atoms with Crippen LogP contribution >= 0.6 is 27.5 Å². The van der Waals surface area contributed by atoms with E-state index < -0.39 is 5.60 Å². The molecular weight excluding hydrogens is 506 g/mol. The van der Waals surface area contributed by atoms with E-state index in [4.69, 9.17) is 16.3 Å². The molecule has 2 aromatic rings. The number of nitrogens with zero attached hydrogens (tertiary/aromatic N) is 2. The van der Waals surface area contributed by atoms with Gasteiger partial charge in [-0.1, -0.05) is 39.7 Å². The number of benzene rings is 2. The Morgan fingerprint density at radius 2 is 1.94 bits per heavy atom. The Morgan fingerprint density at radius 3 is 2.64 bits per heavy atom. The lowest BCUT2D eigenvalue weighted by Gasteiger charge is -2.42. The van der Waals surface area contributed by atoms with Gasteiger partial charge in [0.15, 0.2) is 0 Å². The molecule has 1 atom stereocenters. The van der Waals surface area contributed by atoms with Gasteiger partial charge in [0.2, 0.25) is 0 Å². The van der Waals surface area contributed by atoms with E-state index in [0.29, 0.717) is 57.2 Å². The first-order chi connectivity index (χ1) is 15.8. The van der Waals surface area contributed by atoms with Gasteiger partial charge >= 0.3 is 0 Å². The summed E-state index contributed by atoms with van der Waals surface area (Å²) in [4.78, 5) is 17.1. The highest BCUT2D eigenvalue weighted by Gasteiger charge is 2.42. The van der Waals surface area contributed by atoms with E-state index in [2.05, 4.69) is 39.1 Å². The number of ether oxygens (including phenoxy) is 1. The third-order valence-corrected chi connectivity index (χ3v) is 7.21. The molecule has 0 saturated carbocycles. The molecule has 8 heteroatoms. The summed E-state index contributed by atoms with van der Waals surface area (Å²) < 4.78 is 7.11. The van der Waals surface area contributed by atoms with Gasteiger partial charge in [0.1, 0.15) is 18.0 Å². The van der Waals surface area contributed by atoms with Gasteiger partial charge in [-0.05, 0) is 55.7 Å². The van der Waals surface area contributed by atoms with E-state index in [9.17, 15) is 9.90 Å². The Bertz CT molecular complexity index is 964. The van der Waals surface area contributed by atoms with E-state index in [-0.39, 0.29) is 11.9 Å². The second-order valence-corrected chi connectivity index (χ2v) is 10.4. The SMILES string of the molecule is C[C@@H]1CN(C(=O)C2(O)CCN(Cc3cc(Br)ccc3OCc3ccc(Cl)cc3)CC2)CCN1. The molecule has 2 fully saturated rings. The molecule has 2 heterocycles. The van der Waals surface area contributed by atoms with Crippen LogP contribution < -0.4 is 10.1 Å². The molecule has 2 aliphatic rings. The molecular formula is C25H31BrClN3O3. The van der Waals surface area contributed by atoms with Crippen LogP contribution in [-0.4, -0.2) is 65.2 Å². The van der Waals surface area contributed by atoms with Crippen molar-refractivity contribution >= 4 is 33.4 Å². The van der Waals surface area contributed by atoms with E-state index >= 15 is 0 Å². The first-order valence-electron chi connectivity index (χ1n) is 11.5. The van der Waals surface area contributed by atoms with Crippen molar-refractivity contribution in [2.45, 2.75) is 44.6 Å². The van der Waals surface area contributed by atoms with E-state index in [1.807, 2.05) is 41.3 Å². The van der Waals surface area contributed by atoms with Crippen molar-refractivity contribution in [2.24, 2.45) is 0 Å². The normalized spacial score (nSPS) is 21.1. The fraction of sp³-hybridized carbons (Fsp3) is 0.480. The fourth-order valence-electron chi connectivity index (χ4n) is 4.50. The van der Waals surface area contributed by atoms with Crippen LogP contribution in [0.4, 0.5) is 0 Å². The summed E-state index contributed by atoms with van der Waals surface area (Å²) in [5.74, 6) is 0.713. The minimum atomic E-state index is -1.27. The van der Waals surface area contributed by atoms with E-state index in [1.54, 1.807) is 0 Å². The number of piperidine rings is 1. The summed E-state index contributed by atoms with van der Waals surface area (Å²) in [6.45, 7) is 6.62. The fourth-order valence-corrected chi connectivity index (χ4v) is 5.04. The van der Waals surface area contributed by atoms with E-state index in [1.165, 1.54) is 0 Å². The van der Waals surface area contributed by atoms with Crippen molar-refractivity contribution < 1.29 is 14.6 Å². The number of amides is 1. The molecule has 1 amide bonds. The van der Waals surface area contributed by atoms with Crippen LogP contribution in [0.15, 0.2) is 46.9 Å². The molecule has 0 aliphatic carbocycles. The minimum absolute atomic E-state index is 0.120. The Hall–Kier alpha value is -1.64. The number of hydrogen-bond donors (Lipinski definition) is 2. The molecule has 4 rings (SSSR count). The van der Waals surface area contributed by atoms with Crippen molar-refractivity contribution in [2.75, 3.05) is 32.7 Å². The Labute approximate surface area is 209 Å². The average molecular weight is 537 g/mol. The van der Waals surface area contributed by atoms with Gasteiger partial charge in [-0.2, -0.15) is 0 Å². The summed E-state index contributed by atoms with van der Waals surface area (Å²) in [6, 6.07) is 13.9. The van der Waals surface area contributed by atoms with Crippen LogP contribution in [-0.2, 0) is 17.9 Å². The highest BCUT2D eigenvalue weighted by Crippen LogP contribution is 2.30. The summed E-state index contributed by atoms with van der Waals surface area (Å²) >= 11 is 9.54. The summed E-state index contributed by atoms with van der Waals surface area (Å²) in [6.07, 6.45) is 0.887. The van der Waals surface area contributed by atoms with Gasteiger partial charge in [-0.3, -0.25) is 9.69 Å². The Kier molecular flexibility index (Phi) is 7.97. The van der Waals surface area contributed by atoms with E-state index in [0.717, 1.165) is 27.9 Å².